The quantitative estimate of drug-likeness (QED) is 0.915. The van der Waals surface area contributed by atoms with Crippen LogP contribution in [0, 0.1) is 0 Å². The monoisotopic (exact) mass is 302 g/mol. The minimum atomic E-state index is -0.423. The van der Waals surface area contributed by atoms with Gasteiger partial charge < -0.3 is 14.8 Å². The first kappa shape index (κ1) is 15.6. The van der Waals surface area contributed by atoms with Crippen LogP contribution in [-0.2, 0) is 4.74 Å². The van der Waals surface area contributed by atoms with Crippen molar-refractivity contribution in [1.29, 1.82) is 0 Å². The molecule has 1 aromatic carbocycles. The summed E-state index contributed by atoms with van der Waals surface area (Å²) in [4.78, 5) is 21.2. The SMILES string of the molecule is CCOc1ccnc(Nc2ccc(N(C)C(=O)OC)cc2)n1. The highest BCUT2D eigenvalue weighted by molar-refractivity contribution is 5.87. The Morgan fingerprint density at radius 1 is 1.27 bits per heavy atom. The molecule has 0 saturated heterocycles. The second-order valence-corrected chi connectivity index (χ2v) is 4.35. The largest absolute Gasteiger partial charge is 0.478 e. The second-order valence-electron chi connectivity index (χ2n) is 4.35. The molecule has 0 aliphatic carbocycles. The third kappa shape index (κ3) is 3.85. The van der Waals surface area contributed by atoms with Crippen LogP contribution >= 0.6 is 0 Å². The number of amides is 1. The Morgan fingerprint density at radius 3 is 2.64 bits per heavy atom. The molecule has 0 spiro atoms. The number of anilines is 3. The van der Waals surface area contributed by atoms with Crippen LogP contribution < -0.4 is 15.0 Å². The average molecular weight is 302 g/mol. The van der Waals surface area contributed by atoms with Crippen molar-refractivity contribution in [2.45, 2.75) is 6.92 Å². The highest BCUT2D eigenvalue weighted by atomic mass is 16.5. The maximum Gasteiger partial charge on any atom is 0.413 e. The molecule has 0 bridgehead atoms. The van der Waals surface area contributed by atoms with Gasteiger partial charge in [-0.1, -0.05) is 0 Å². The van der Waals surface area contributed by atoms with Crippen LogP contribution in [0.1, 0.15) is 6.92 Å². The number of ether oxygens (including phenoxy) is 2. The van der Waals surface area contributed by atoms with Crippen molar-refractivity contribution >= 4 is 23.4 Å². The Balaban J connectivity index is 2.08. The summed E-state index contributed by atoms with van der Waals surface area (Å²) in [6.45, 7) is 2.44. The van der Waals surface area contributed by atoms with E-state index in [0.717, 1.165) is 11.4 Å². The predicted octanol–water partition coefficient (Wildman–Crippen LogP) is 2.82. The van der Waals surface area contributed by atoms with Crippen LogP contribution in [0.2, 0.25) is 0 Å². The van der Waals surface area contributed by atoms with Gasteiger partial charge in [-0.2, -0.15) is 4.98 Å². The topological polar surface area (TPSA) is 76.6 Å². The maximum absolute atomic E-state index is 11.4. The molecule has 0 unspecified atom stereocenters. The van der Waals surface area contributed by atoms with Gasteiger partial charge in [-0.05, 0) is 31.2 Å². The third-order valence-corrected chi connectivity index (χ3v) is 2.88. The van der Waals surface area contributed by atoms with E-state index < -0.39 is 6.09 Å². The molecule has 0 aliphatic heterocycles. The van der Waals surface area contributed by atoms with Gasteiger partial charge in [0, 0.05) is 30.7 Å². The summed E-state index contributed by atoms with van der Waals surface area (Å²) >= 11 is 0. The first-order chi connectivity index (χ1) is 10.6. The summed E-state index contributed by atoms with van der Waals surface area (Å²) in [7, 11) is 2.99. The predicted molar refractivity (Wildman–Crippen MR) is 83.7 cm³/mol. The number of carbonyl (C=O) groups is 1. The number of nitrogens with zero attached hydrogens (tertiary/aromatic N) is 3. The molecule has 0 aliphatic rings. The standard InChI is InChI=1S/C15H18N4O3/c1-4-22-13-9-10-16-14(18-13)17-11-5-7-12(8-6-11)19(2)15(20)21-3/h5-10H,4H2,1-3H3,(H,16,17,18). The molecule has 0 fully saturated rings. The fourth-order valence-corrected chi connectivity index (χ4v) is 1.77. The number of benzene rings is 1. The highest BCUT2D eigenvalue weighted by Gasteiger charge is 2.10. The van der Waals surface area contributed by atoms with Crippen LogP contribution in [-0.4, -0.2) is 36.8 Å². The molecule has 2 rings (SSSR count). The number of hydrogen-bond acceptors (Lipinski definition) is 6. The minimum absolute atomic E-state index is 0.423. The molecule has 0 radical (unpaired) electrons. The number of aromatic nitrogens is 2. The number of methoxy groups -OCH3 is 1. The van der Waals surface area contributed by atoms with E-state index in [4.69, 9.17) is 4.74 Å². The zero-order chi connectivity index (χ0) is 15.9. The van der Waals surface area contributed by atoms with E-state index in [9.17, 15) is 4.79 Å². The summed E-state index contributed by atoms with van der Waals surface area (Å²) in [6.07, 6.45) is 1.20. The lowest BCUT2D eigenvalue weighted by Gasteiger charge is -2.16. The Hall–Kier alpha value is -2.83. The van der Waals surface area contributed by atoms with E-state index in [1.807, 2.05) is 19.1 Å². The van der Waals surface area contributed by atoms with Crippen molar-refractivity contribution in [2.75, 3.05) is 31.0 Å². The molecule has 1 amide bonds. The Labute approximate surface area is 128 Å². The summed E-state index contributed by atoms with van der Waals surface area (Å²) in [5, 5.41) is 3.08. The summed E-state index contributed by atoms with van der Waals surface area (Å²) < 4.78 is 9.99. The molecular weight excluding hydrogens is 284 g/mol. The molecule has 1 aromatic heterocycles. The Kier molecular flexibility index (Phi) is 5.13. The van der Waals surface area contributed by atoms with Crippen molar-refractivity contribution in [2.24, 2.45) is 0 Å². The van der Waals surface area contributed by atoms with Crippen molar-refractivity contribution in [3.63, 3.8) is 0 Å². The maximum atomic E-state index is 11.4. The van der Waals surface area contributed by atoms with E-state index in [0.29, 0.717) is 18.4 Å². The summed E-state index contributed by atoms with van der Waals surface area (Å²) in [5.74, 6) is 0.960. The highest BCUT2D eigenvalue weighted by Crippen LogP contribution is 2.20. The molecule has 7 heteroatoms. The number of hydrogen-bond donors (Lipinski definition) is 1. The number of rotatable bonds is 5. The van der Waals surface area contributed by atoms with E-state index in [1.165, 1.54) is 12.0 Å². The first-order valence-electron chi connectivity index (χ1n) is 6.78. The number of nitrogens with one attached hydrogen (secondary N) is 1. The van der Waals surface area contributed by atoms with Crippen molar-refractivity contribution in [3.05, 3.63) is 36.5 Å². The molecule has 116 valence electrons. The third-order valence-electron chi connectivity index (χ3n) is 2.88. The van der Waals surface area contributed by atoms with Crippen LogP contribution in [0.25, 0.3) is 0 Å². The lowest BCUT2D eigenvalue weighted by atomic mass is 10.2. The molecule has 1 N–H and O–H groups in total. The van der Waals surface area contributed by atoms with Gasteiger partial charge in [-0.15, -0.1) is 0 Å². The van der Waals surface area contributed by atoms with E-state index in [2.05, 4.69) is 20.0 Å². The molecule has 2 aromatic rings. The molecule has 0 saturated carbocycles. The zero-order valence-corrected chi connectivity index (χ0v) is 12.7. The van der Waals surface area contributed by atoms with Gasteiger partial charge in [0.15, 0.2) is 0 Å². The lowest BCUT2D eigenvalue weighted by molar-refractivity contribution is 0.180. The minimum Gasteiger partial charge on any atom is -0.478 e. The van der Waals surface area contributed by atoms with E-state index >= 15 is 0 Å². The molecule has 22 heavy (non-hydrogen) atoms. The van der Waals surface area contributed by atoms with Gasteiger partial charge in [0.25, 0.3) is 0 Å². The summed E-state index contributed by atoms with van der Waals surface area (Å²) in [5.41, 5.74) is 1.53. The van der Waals surface area contributed by atoms with Gasteiger partial charge in [0.2, 0.25) is 11.8 Å². The van der Waals surface area contributed by atoms with E-state index in [-0.39, 0.29) is 0 Å². The smallest absolute Gasteiger partial charge is 0.413 e. The molecule has 1 heterocycles. The molecular formula is C15H18N4O3. The molecule has 0 atom stereocenters. The van der Waals surface area contributed by atoms with Crippen LogP contribution in [0.3, 0.4) is 0 Å². The van der Waals surface area contributed by atoms with Crippen LogP contribution in [0.4, 0.5) is 22.1 Å². The van der Waals surface area contributed by atoms with E-state index in [1.54, 1.807) is 31.4 Å². The van der Waals surface area contributed by atoms with Crippen molar-refractivity contribution < 1.29 is 14.3 Å². The van der Waals surface area contributed by atoms with Gasteiger partial charge in [-0.25, -0.2) is 9.78 Å². The Morgan fingerprint density at radius 2 is 2.00 bits per heavy atom. The first-order valence-corrected chi connectivity index (χ1v) is 6.78. The fourth-order valence-electron chi connectivity index (χ4n) is 1.77. The van der Waals surface area contributed by atoms with Gasteiger partial charge in [0.05, 0.1) is 13.7 Å². The second kappa shape index (κ2) is 7.26. The van der Waals surface area contributed by atoms with Gasteiger partial charge in [0.1, 0.15) is 0 Å². The zero-order valence-electron chi connectivity index (χ0n) is 12.7. The van der Waals surface area contributed by atoms with Crippen LogP contribution in [0.15, 0.2) is 36.5 Å². The number of carbonyl (C=O) groups excluding carboxylic acids is 1. The lowest BCUT2D eigenvalue weighted by Crippen LogP contribution is -2.25. The Bertz CT molecular complexity index is 631. The van der Waals surface area contributed by atoms with Gasteiger partial charge >= 0.3 is 6.09 Å². The van der Waals surface area contributed by atoms with Gasteiger partial charge in [-0.3, -0.25) is 4.90 Å². The normalized spacial score (nSPS) is 9.95. The summed E-state index contributed by atoms with van der Waals surface area (Å²) in [6, 6.07) is 8.94. The van der Waals surface area contributed by atoms with Crippen molar-refractivity contribution in [3.8, 4) is 5.88 Å². The average Bonchev–Trinajstić information content (AvgIpc) is 2.55. The fraction of sp³-hybridized carbons (Fsp3) is 0.267. The van der Waals surface area contributed by atoms with Crippen molar-refractivity contribution in [1.82, 2.24) is 9.97 Å². The van der Waals surface area contributed by atoms with Crippen LogP contribution in [0.5, 0.6) is 5.88 Å². The molecule has 7 nitrogen and oxygen atoms in total.